The first-order valence-electron chi connectivity index (χ1n) is 13.7. The van der Waals surface area contributed by atoms with Crippen molar-refractivity contribution < 1.29 is 9.59 Å². The van der Waals surface area contributed by atoms with Gasteiger partial charge < -0.3 is 15.2 Å². The van der Waals surface area contributed by atoms with Crippen LogP contribution in [0.1, 0.15) is 75.7 Å². The van der Waals surface area contributed by atoms with Gasteiger partial charge in [-0.05, 0) is 97.3 Å². The van der Waals surface area contributed by atoms with Crippen molar-refractivity contribution in [3.63, 3.8) is 0 Å². The van der Waals surface area contributed by atoms with Crippen LogP contribution in [-0.4, -0.2) is 31.5 Å². The fourth-order valence-electron chi connectivity index (χ4n) is 6.59. The van der Waals surface area contributed by atoms with Crippen LogP contribution in [-0.2, 0) is 18.4 Å². The van der Waals surface area contributed by atoms with Crippen molar-refractivity contribution in [1.82, 2.24) is 25.0 Å². The zero-order chi connectivity index (χ0) is 28.3. The van der Waals surface area contributed by atoms with E-state index in [1.54, 1.807) is 17.8 Å². The number of carbonyl (C=O) groups excluding carboxylic acids is 2. The normalized spacial score (nSPS) is 17.3. The van der Waals surface area contributed by atoms with Gasteiger partial charge in [0.05, 0.1) is 17.8 Å². The van der Waals surface area contributed by atoms with E-state index in [0.29, 0.717) is 11.1 Å². The third-order valence-corrected chi connectivity index (χ3v) is 8.56. The maximum absolute atomic E-state index is 13.6. The second kappa shape index (κ2) is 9.62. The van der Waals surface area contributed by atoms with E-state index in [1.807, 2.05) is 50.9 Å². The Morgan fingerprint density at radius 1 is 1.00 bits per heavy atom. The van der Waals surface area contributed by atoms with Crippen LogP contribution < -0.4 is 10.9 Å². The van der Waals surface area contributed by atoms with Gasteiger partial charge in [-0.2, -0.15) is 5.10 Å². The number of benzene rings is 2. The summed E-state index contributed by atoms with van der Waals surface area (Å²) in [6.45, 7) is 7.44. The molecule has 8 heteroatoms. The molecule has 8 nitrogen and oxygen atoms in total. The van der Waals surface area contributed by atoms with Gasteiger partial charge in [0.25, 0.3) is 11.5 Å². The van der Waals surface area contributed by atoms with Gasteiger partial charge in [-0.15, -0.1) is 0 Å². The lowest BCUT2D eigenvalue weighted by Crippen LogP contribution is -2.28. The number of H-pyrrole nitrogens is 1. The molecular formula is C32H33N5O3. The first-order valence-corrected chi connectivity index (χ1v) is 13.7. The molecule has 2 aromatic carbocycles. The molecule has 4 heterocycles. The monoisotopic (exact) mass is 535 g/mol. The highest BCUT2D eigenvalue weighted by Gasteiger charge is 2.45. The third kappa shape index (κ3) is 4.15. The van der Waals surface area contributed by atoms with Crippen LogP contribution in [0.2, 0.25) is 0 Å². The molecule has 4 aromatic rings. The number of hydrogen-bond acceptors (Lipinski definition) is 4. The number of nitrogens with one attached hydrogen (secondary N) is 2. The molecule has 0 spiro atoms. The van der Waals surface area contributed by atoms with E-state index < -0.39 is 0 Å². The maximum Gasteiger partial charge on any atom is 0.253 e. The van der Waals surface area contributed by atoms with E-state index >= 15 is 0 Å². The van der Waals surface area contributed by atoms with Crippen LogP contribution in [0, 0.1) is 20.8 Å². The van der Waals surface area contributed by atoms with Crippen molar-refractivity contribution in [2.45, 2.75) is 59.2 Å². The lowest BCUT2D eigenvalue weighted by molar-refractivity contribution is -0.131. The van der Waals surface area contributed by atoms with E-state index in [4.69, 9.17) is 0 Å². The molecule has 0 saturated carbocycles. The maximum atomic E-state index is 13.6. The Morgan fingerprint density at radius 2 is 1.75 bits per heavy atom. The number of nitrogens with zero attached hydrogens (tertiary/aromatic N) is 3. The predicted molar refractivity (Wildman–Crippen MR) is 154 cm³/mol. The summed E-state index contributed by atoms with van der Waals surface area (Å²) in [6, 6.07) is 14.6. The van der Waals surface area contributed by atoms with Crippen molar-refractivity contribution in [2.75, 3.05) is 0 Å². The minimum atomic E-state index is -0.245. The van der Waals surface area contributed by atoms with Gasteiger partial charge in [0.15, 0.2) is 0 Å². The molecule has 0 aliphatic carbocycles. The first-order chi connectivity index (χ1) is 19.1. The van der Waals surface area contributed by atoms with Crippen LogP contribution in [0.25, 0.3) is 22.4 Å². The van der Waals surface area contributed by atoms with E-state index in [9.17, 15) is 14.4 Å². The van der Waals surface area contributed by atoms with E-state index in [0.717, 1.165) is 52.0 Å². The van der Waals surface area contributed by atoms with Crippen molar-refractivity contribution >= 4 is 11.8 Å². The van der Waals surface area contributed by atoms with Crippen LogP contribution in [0.4, 0.5) is 0 Å². The van der Waals surface area contributed by atoms with Crippen LogP contribution in [0.15, 0.2) is 53.5 Å². The zero-order valence-corrected chi connectivity index (χ0v) is 23.5. The number of aromatic amines is 1. The number of fused-ring (bicyclic) bond motifs is 5. The molecular weight excluding hydrogens is 502 g/mol. The largest absolute Gasteiger partial charge is 0.348 e. The average molecular weight is 536 g/mol. The second-order valence-electron chi connectivity index (χ2n) is 11.0. The van der Waals surface area contributed by atoms with Crippen molar-refractivity contribution in [3.8, 4) is 22.4 Å². The molecule has 2 amide bonds. The number of aromatic nitrogens is 3. The summed E-state index contributed by atoms with van der Waals surface area (Å²) in [6.07, 6.45) is 3.72. The number of aryl methyl sites for hydroxylation is 3. The Labute approximate surface area is 233 Å². The SMILES string of the molecule is CC(=O)N1[C@@H]2CC[C@H]1c1ccc(-c3cc(C(=O)NCc4c(C)cc(C)[nH]c4=O)c(C)c(-c4ccnn4C)c3)cc12. The Morgan fingerprint density at radius 3 is 2.42 bits per heavy atom. The minimum Gasteiger partial charge on any atom is -0.348 e. The average Bonchev–Trinajstić information content (AvgIpc) is 3.62. The molecule has 40 heavy (non-hydrogen) atoms. The minimum absolute atomic E-state index is 0.109. The van der Waals surface area contributed by atoms with Crippen molar-refractivity contribution in [3.05, 3.63) is 98.1 Å². The Hall–Kier alpha value is -4.46. The first kappa shape index (κ1) is 25.8. The van der Waals surface area contributed by atoms with Gasteiger partial charge in [0, 0.05) is 49.1 Å². The number of carbonyl (C=O) groups is 2. The van der Waals surface area contributed by atoms with Gasteiger partial charge in [0.2, 0.25) is 5.91 Å². The predicted octanol–water partition coefficient (Wildman–Crippen LogP) is 5.04. The molecule has 2 aliphatic heterocycles. The molecule has 2 bridgehead atoms. The lowest BCUT2D eigenvalue weighted by Gasteiger charge is -2.20. The van der Waals surface area contributed by atoms with Gasteiger partial charge in [-0.3, -0.25) is 19.1 Å². The lowest BCUT2D eigenvalue weighted by atomic mass is 9.87. The number of pyridine rings is 1. The van der Waals surface area contributed by atoms with Crippen LogP contribution in [0.3, 0.4) is 0 Å². The Kier molecular flexibility index (Phi) is 6.21. The van der Waals surface area contributed by atoms with E-state index in [1.165, 1.54) is 11.1 Å². The van der Waals surface area contributed by atoms with Gasteiger partial charge in [-0.25, -0.2) is 0 Å². The molecule has 1 saturated heterocycles. The van der Waals surface area contributed by atoms with Gasteiger partial charge >= 0.3 is 0 Å². The summed E-state index contributed by atoms with van der Waals surface area (Å²) in [5.74, 6) is -0.134. The highest BCUT2D eigenvalue weighted by molar-refractivity contribution is 5.99. The molecule has 204 valence electrons. The molecule has 0 radical (unpaired) electrons. The molecule has 2 atom stereocenters. The standard InChI is InChI=1S/C32H33N5O3/c1-17-12-18(2)35-32(40)27(17)16-33-31(39)25-15-22(14-24(19(25)3)28-10-11-34-36(28)5)21-6-7-23-26(13-21)30-9-8-29(23)37(30)20(4)38/h6-7,10-15,29-30H,8-9,16H2,1-5H3,(H,33,39)(H,35,40)/t29-,30+/m0/s1. The highest BCUT2D eigenvalue weighted by atomic mass is 16.2. The van der Waals surface area contributed by atoms with Crippen molar-refractivity contribution in [1.29, 1.82) is 0 Å². The number of amides is 2. The summed E-state index contributed by atoms with van der Waals surface area (Å²) < 4.78 is 1.80. The Bertz CT molecular complexity index is 1750. The van der Waals surface area contributed by atoms with Gasteiger partial charge in [-0.1, -0.05) is 12.1 Å². The third-order valence-electron chi connectivity index (χ3n) is 8.56. The molecule has 2 N–H and O–H groups in total. The molecule has 0 unspecified atom stereocenters. The highest BCUT2D eigenvalue weighted by Crippen LogP contribution is 2.53. The molecule has 6 rings (SSSR count). The number of hydrogen-bond donors (Lipinski definition) is 2. The topological polar surface area (TPSA) is 100 Å². The zero-order valence-electron chi connectivity index (χ0n) is 23.5. The fourth-order valence-corrected chi connectivity index (χ4v) is 6.59. The molecule has 2 aliphatic rings. The summed E-state index contributed by atoms with van der Waals surface area (Å²) in [7, 11) is 1.89. The summed E-state index contributed by atoms with van der Waals surface area (Å²) in [4.78, 5) is 43.4. The Balaban J connectivity index is 1.41. The fraction of sp³-hybridized carbons (Fsp3) is 0.312. The van der Waals surface area contributed by atoms with Gasteiger partial charge in [0.1, 0.15) is 0 Å². The summed E-state index contributed by atoms with van der Waals surface area (Å²) in [5, 5.41) is 7.33. The summed E-state index contributed by atoms with van der Waals surface area (Å²) >= 11 is 0. The van der Waals surface area contributed by atoms with E-state index in [2.05, 4.69) is 39.7 Å². The second-order valence-corrected chi connectivity index (χ2v) is 11.0. The van der Waals surface area contributed by atoms with E-state index in [-0.39, 0.29) is 36.0 Å². The molecule has 1 fully saturated rings. The van der Waals surface area contributed by atoms with Crippen LogP contribution in [0.5, 0.6) is 0 Å². The number of rotatable bonds is 5. The quantitative estimate of drug-likeness (QED) is 0.374. The van der Waals surface area contributed by atoms with Crippen LogP contribution >= 0.6 is 0 Å². The van der Waals surface area contributed by atoms with Crippen molar-refractivity contribution in [2.24, 2.45) is 7.05 Å². The molecule has 2 aromatic heterocycles. The smallest absolute Gasteiger partial charge is 0.253 e. The summed E-state index contributed by atoms with van der Waals surface area (Å²) in [5.41, 5.74) is 9.53.